The SMILES string of the molecule is CCOC(=O)c1cc(CC)sc1NC(=O)COC(=O)CCn1c(C)csc1=O. The highest BCUT2D eigenvalue weighted by Gasteiger charge is 2.19. The van der Waals surface area contributed by atoms with Crippen LogP contribution in [0.2, 0.25) is 0 Å². The van der Waals surface area contributed by atoms with E-state index in [-0.39, 0.29) is 30.0 Å². The van der Waals surface area contributed by atoms with Gasteiger partial charge in [-0.25, -0.2) is 4.79 Å². The van der Waals surface area contributed by atoms with Gasteiger partial charge in [0.2, 0.25) is 0 Å². The Hall–Kier alpha value is -2.46. The average Bonchev–Trinajstić information content (AvgIpc) is 3.21. The predicted octanol–water partition coefficient (Wildman–Crippen LogP) is 2.59. The van der Waals surface area contributed by atoms with Gasteiger partial charge >= 0.3 is 16.8 Å². The van der Waals surface area contributed by atoms with Crippen LogP contribution in [0, 0.1) is 6.92 Å². The highest BCUT2D eigenvalue weighted by Crippen LogP contribution is 2.29. The minimum Gasteiger partial charge on any atom is -0.462 e. The monoisotopic (exact) mass is 426 g/mol. The van der Waals surface area contributed by atoms with E-state index in [1.807, 2.05) is 6.92 Å². The second-order valence-electron chi connectivity index (χ2n) is 5.78. The van der Waals surface area contributed by atoms with Crippen molar-refractivity contribution in [3.05, 3.63) is 37.2 Å². The molecule has 0 spiro atoms. The van der Waals surface area contributed by atoms with E-state index in [0.29, 0.717) is 11.4 Å². The molecule has 0 aromatic carbocycles. The minimum absolute atomic E-state index is 0.0161. The number of thiazole rings is 1. The highest BCUT2D eigenvalue weighted by atomic mass is 32.1. The molecule has 0 fully saturated rings. The van der Waals surface area contributed by atoms with Crippen LogP contribution >= 0.6 is 22.7 Å². The third-order valence-electron chi connectivity index (χ3n) is 3.76. The Labute approximate surface area is 170 Å². The molecule has 2 aromatic heterocycles. The number of anilines is 1. The van der Waals surface area contributed by atoms with Crippen LogP contribution in [0.15, 0.2) is 16.2 Å². The number of aromatic nitrogens is 1. The lowest BCUT2D eigenvalue weighted by Gasteiger charge is -2.08. The zero-order valence-electron chi connectivity index (χ0n) is 15.9. The van der Waals surface area contributed by atoms with Crippen LogP contribution in [0.4, 0.5) is 5.00 Å². The first-order chi connectivity index (χ1) is 13.3. The van der Waals surface area contributed by atoms with Gasteiger partial charge in [-0.1, -0.05) is 18.3 Å². The van der Waals surface area contributed by atoms with E-state index >= 15 is 0 Å². The van der Waals surface area contributed by atoms with Crippen molar-refractivity contribution in [2.75, 3.05) is 18.5 Å². The maximum Gasteiger partial charge on any atom is 0.341 e. The number of hydrogen-bond acceptors (Lipinski definition) is 8. The number of ether oxygens (including phenoxy) is 2. The summed E-state index contributed by atoms with van der Waals surface area (Å²) in [5, 5.41) is 4.68. The zero-order chi connectivity index (χ0) is 20.7. The first-order valence-electron chi connectivity index (χ1n) is 8.75. The Morgan fingerprint density at radius 3 is 2.57 bits per heavy atom. The fourth-order valence-electron chi connectivity index (χ4n) is 2.33. The summed E-state index contributed by atoms with van der Waals surface area (Å²) in [6.45, 7) is 5.38. The molecular weight excluding hydrogens is 404 g/mol. The number of amides is 1. The quantitative estimate of drug-likeness (QED) is 0.618. The van der Waals surface area contributed by atoms with Gasteiger partial charge in [0.1, 0.15) is 5.00 Å². The third-order valence-corrected chi connectivity index (χ3v) is 5.84. The molecule has 0 aliphatic carbocycles. The number of esters is 2. The number of carbonyl (C=O) groups excluding carboxylic acids is 3. The van der Waals surface area contributed by atoms with Gasteiger partial charge in [-0.15, -0.1) is 11.3 Å². The van der Waals surface area contributed by atoms with Gasteiger partial charge in [0.15, 0.2) is 6.61 Å². The van der Waals surface area contributed by atoms with Gasteiger partial charge in [0.05, 0.1) is 18.6 Å². The van der Waals surface area contributed by atoms with Gasteiger partial charge in [-0.05, 0) is 26.3 Å². The molecule has 0 saturated heterocycles. The number of rotatable bonds is 9. The van der Waals surface area contributed by atoms with E-state index in [1.54, 1.807) is 25.3 Å². The second-order valence-corrected chi connectivity index (χ2v) is 7.74. The Bertz CT molecular complexity index is 912. The maximum atomic E-state index is 12.1. The van der Waals surface area contributed by atoms with Crippen molar-refractivity contribution in [1.82, 2.24) is 4.57 Å². The largest absolute Gasteiger partial charge is 0.462 e. The number of carbonyl (C=O) groups is 3. The van der Waals surface area contributed by atoms with Crippen molar-refractivity contribution in [2.45, 2.75) is 40.2 Å². The highest BCUT2D eigenvalue weighted by molar-refractivity contribution is 7.16. The van der Waals surface area contributed by atoms with Crippen LogP contribution in [0.1, 0.15) is 41.2 Å². The number of nitrogens with one attached hydrogen (secondary N) is 1. The Morgan fingerprint density at radius 1 is 1.21 bits per heavy atom. The molecule has 1 amide bonds. The van der Waals surface area contributed by atoms with Crippen LogP contribution in [0.25, 0.3) is 0 Å². The summed E-state index contributed by atoms with van der Waals surface area (Å²) in [5.74, 6) is -1.65. The first-order valence-corrected chi connectivity index (χ1v) is 10.5. The van der Waals surface area contributed by atoms with Crippen molar-refractivity contribution in [2.24, 2.45) is 0 Å². The van der Waals surface area contributed by atoms with E-state index < -0.39 is 24.5 Å². The number of hydrogen-bond donors (Lipinski definition) is 1. The summed E-state index contributed by atoms with van der Waals surface area (Å²) in [5.41, 5.74) is 1.06. The lowest BCUT2D eigenvalue weighted by Crippen LogP contribution is -2.23. The van der Waals surface area contributed by atoms with Crippen LogP contribution < -0.4 is 10.2 Å². The average molecular weight is 427 g/mol. The van der Waals surface area contributed by atoms with Crippen molar-refractivity contribution >= 4 is 45.5 Å². The zero-order valence-corrected chi connectivity index (χ0v) is 17.5. The molecule has 0 aliphatic heterocycles. The first kappa shape index (κ1) is 21.8. The Kier molecular flexibility index (Phi) is 7.94. The van der Waals surface area contributed by atoms with Crippen molar-refractivity contribution in [3.63, 3.8) is 0 Å². The molecule has 2 rings (SSSR count). The summed E-state index contributed by atoms with van der Waals surface area (Å²) in [4.78, 5) is 48.4. The van der Waals surface area contributed by atoms with Crippen LogP contribution in [-0.2, 0) is 32.0 Å². The molecule has 0 atom stereocenters. The second kappa shape index (κ2) is 10.2. The number of aryl methyl sites for hydroxylation is 2. The molecule has 0 aliphatic rings. The molecule has 2 aromatic rings. The molecule has 0 bridgehead atoms. The van der Waals surface area contributed by atoms with Crippen LogP contribution in [-0.4, -0.2) is 35.6 Å². The van der Waals surface area contributed by atoms with Gasteiger partial charge in [-0.2, -0.15) is 0 Å². The fourth-order valence-corrected chi connectivity index (χ4v) is 4.09. The molecule has 28 heavy (non-hydrogen) atoms. The standard InChI is InChI=1S/C18H22N2O6S2/c1-4-12-8-13(17(23)25-5-2)16(28-12)19-14(21)9-26-15(22)6-7-20-11(3)10-27-18(20)24/h8,10H,4-7,9H2,1-3H3,(H,19,21). The fraction of sp³-hybridized carbons (Fsp3) is 0.444. The lowest BCUT2D eigenvalue weighted by molar-refractivity contribution is -0.147. The van der Waals surface area contributed by atoms with E-state index in [0.717, 1.165) is 21.9 Å². The van der Waals surface area contributed by atoms with E-state index in [9.17, 15) is 19.2 Å². The number of nitrogens with zero attached hydrogens (tertiary/aromatic N) is 1. The summed E-state index contributed by atoms with van der Waals surface area (Å²) in [7, 11) is 0. The number of thiophene rings is 1. The summed E-state index contributed by atoms with van der Waals surface area (Å²) in [6, 6.07) is 1.69. The van der Waals surface area contributed by atoms with Gasteiger partial charge < -0.3 is 19.4 Å². The van der Waals surface area contributed by atoms with Gasteiger partial charge in [-0.3, -0.25) is 14.4 Å². The normalized spacial score (nSPS) is 10.5. The predicted molar refractivity (Wildman–Crippen MR) is 107 cm³/mol. The topological polar surface area (TPSA) is 104 Å². The molecule has 152 valence electrons. The van der Waals surface area contributed by atoms with Gasteiger partial charge in [0.25, 0.3) is 5.91 Å². The van der Waals surface area contributed by atoms with E-state index in [1.165, 1.54) is 15.9 Å². The van der Waals surface area contributed by atoms with Crippen LogP contribution in [0.3, 0.4) is 0 Å². The maximum absolute atomic E-state index is 12.1. The molecular formula is C18H22N2O6S2. The Morgan fingerprint density at radius 2 is 1.96 bits per heavy atom. The lowest BCUT2D eigenvalue weighted by atomic mass is 10.2. The third kappa shape index (κ3) is 5.77. The van der Waals surface area contributed by atoms with Crippen molar-refractivity contribution in [1.29, 1.82) is 0 Å². The molecule has 2 heterocycles. The summed E-state index contributed by atoms with van der Waals surface area (Å²) < 4.78 is 11.4. The van der Waals surface area contributed by atoms with Crippen molar-refractivity contribution < 1.29 is 23.9 Å². The minimum atomic E-state index is -0.585. The van der Waals surface area contributed by atoms with Crippen molar-refractivity contribution in [3.8, 4) is 0 Å². The molecule has 1 N–H and O–H groups in total. The molecule has 0 saturated carbocycles. The molecule has 8 nitrogen and oxygen atoms in total. The van der Waals surface area contributed by atoms with Gasteiger partial charge in [0, 0.05) is 22.5 Å². The molecule has 0 radical (unpaired) electrons. The van der Waals surface area contributed by atoms with Crippen LogP contribution in [0.5, 0.6) is 0 Å². The molecule has 0 unspecified atom stereocenters. The smallest absolute Gasteiger partial charge is 0.341 e. The Balaban J connectivity index is 1.88. The summed E-state index contributed by atoms with van der Waals surface area (Å²) >= 11 is 2.35. The van der Waals surface area contributed by atoms with E-state index in [4.69, 9.17) is 9.47 Å². The summed E-state index contributed by atoms with van der Waals surface area (Å²) in [6.07, 6.45) is 0.696. The van der Waals surface area contributed by atoms with E-state index in [2.05, 4.69) is 5.32 Å². The molecule has 10 heteroatoms.